The first kappa shape index (κ1) is 12.1. The number of phenols is 1. The van der Waals surface area contributed by atoms with Gasteiger partial charge in [0.1, 0.15) is 11.6 Å². The highest BCUT2D eigenvalue weighted by Crippen LogP contribution is 2.23. The van der Waals surface area contributed by atoms with Crippen LogP contribution in [0.2, 0.25) is 0 Å². The summed E-state index contributed by atoms with van der Waals surface area (Å²) in [5.41, 5.74) is 3.13. The predicted octanol–water partition coefficient (Wildman–Crippen LogP) is 2.23. The molecule has 98 valence electrons. The Kier molecular flexibility index (Phi) is 3.18. The van der Waals surface area contributed by atoms with E-state index in [-0.39, 0.29) is 5.75 Å². The summed E-state index contributed by atoms with van der Waals surface area (Å²) in [6, 6.07) is 6.88. The summed E-state index contributed by atoms with van der Waals surface area (Å²) in [5.74, 6) is 1.02. The van der Waals surface area contributed by atoms with Gasteiger partial charge in [0.15, 0.2) is 4.77 Å². The van der Waals surface area contributed by atoms with E-state index in [2.05, 4.69) is 20.6 Å². The largest absolute Gasteiger partial charge is 0.508 e. The number of nitrogens with zero attached hydrogens (tertiary/aromatic N) is 1. The standard InChI is InChI=1S/C13H14N4OS/c18-9-3-1-8(2-4-9)15-12-10-7-14-6-5-11(10)16-13(19)17-12/h1-4,14,18H,5-7H2,(H2,15,16,17,19). The minimum Gasteiger partial charge on any atom is -0.508 e. The van der Waals surface area contributed by atoms with E-state index in [0.717, 1.165) is 42.3 Å². The van der Waals surface area contributed by atoms with Crippen LogP contribution in [0, 0.1) is 4.77 Å². The van der Waals surface area contributed by atoms with Crippen LogP contribution < -0.4 is 10.6 Å². The van der Waals surface area contributed by atoms with Gasteiger partial charge in [-0.25, -0.2) is 4.98 Å². The number of phenolic OH excluding ortho intramolecular Hbond substituents is 1. The molecule has 6 heteroatoms. The van der Waals surface area contributed by atoms with E-state index < -0.39 is 0 Å². The van der Waals surface area contributed by atoms with Crippen molar-refractivity contribution < 1.29 is 5.11 Å². The first-order chi connectivity index (χ1) is 9.22. The van der Waals surface area contributed by atoms with Crippen LogP contribution in [0.15, 0.2) is 24.3 Å². The molecule has 0 radical (unpaired) electrons. The fourth-order valence-corrected chi connectivity index (χ4v) is 2.37. The minimum absolute atomic E-state index is 0.243. The Hall–Kier alpha value is -1.92. The lowest BCUT2D eigenvalue weighted by molar-refractivity contribution is 0.475. The summed E-state index contributed by atoms with van der Waals surface area (Å²) in [5, 5.41) is 15.9. The number of aromatic nitrogens is 2. The second kappa shape index (κ2) is 4.99. The van der Waals surface area contributed by atoms with Crippen LogP contribution in [0.4, 0.5) is 11.5 Å². The van der Waals surface area contributed by atoms with E-state index in [1.54, 1.807) is 24.3 Å². The van der Waals surface area contributed by atoms with Crippen LogP contribution in [-0.4, -0.2) is 21.6 Å². The van der Waals surface area contributed by atoms with E-state index in [9.17, 15) is 5.11 Å². The zero-order valence-electron chi connectivity index (χ0n) is 10.2. The van der Waals surface area contributed by atoms with Gasteiger partial charge < -0.3 is 20.7 Å². The summed E-state index contributed by atoms with van der Waals surface area (Å²) < 4.78 is 0.488. The fraction of sp³-hybridized carbons (Fsp3) is 0.231. The molecular formula is C13H14N4OS. The molecule has 0 saturated heterocycles. The Labute approximate surface area is 115 Å². The topological polar surface area (TPSA) is 73.0 Å². The molecule has 1 aromatic carbocycles. The van der Waals surface area contributed by atoms with E-state index in [4.69, 9.17) is 12.2 Å². The zero-order valence-corrected chi connectivity index (χ0v) is 11.0. The van der Waals surface area contributed by atoms with Gasteiger partial charge in [0.2, 0.25) is 0 Å². The van der Waals surface area contributed by atoms with Gasteiger partial charge in [0.25, 0.3) is 0 Å². The van der Waals surface area contributed by atoms with Crippen molar-refractivity contribution in [2.45, 2.75) is 13.0 Å². The number of aromatic hydroxyl groups is 1. The van der Waals surface area contributed by atoms with Gasteiger partial charge in [-0.3, -0.25) is 0 Å². The normalized spacial score (nSPS) is 13.9. The van der Waals surface area contributed by atoms with Crippen molar-refractivity contribution in [2.75, 3.05) is 11.9 Å². The van der Waals surface area contributed by atoms with Crippen LogP contribution in [-0.2, 0) is 13.0 Å². The molecule has 0 bridgehead atoms. The van der Waals surface area contributed by atoms with Crippen LogP contribution in [0.5, 0.6) is 5.75 Å². The molecule has 0 saturated carbocycles. The molecule has 1 aliphatic heterocycles. The summed E-state index contributed by atoms with van der Waals surface area (Å²) in [4.78, 5) is 7.50. The lowest BCUT2D eigenvalue weighted by Gasteiger charge is -2.20. The van der Waals surface area contributed by atoms with Crippen molar-refractivity contribution in [2.24, 2.45) is 0 Å². The maximum Gasteiger partial charge on any atom is 0.198 e. The smallest absolute Gasteiger partial charge is 0.198 e. The van der Waals surface area contributed by atoms with Crippen LogP contribution in [0.1, 0.15) is 11.3 Å². The molecule has 0 aliphatic carbocycles. The lowest BCUT2D eigenvalue weighted by atomic mass is 10.1. The summed E-state index contributed by atoms with van der Waals surface area (Å²) in [6.07, 6.45) is 0.922. The zero-order chi connectivity index (χ0) is 13.2. The molecule has 0 atom stereocenters. The Bertz CT molecular complexity index is 651. The molecule has 19 heavy (non-hydrogen) atoms. The van der Waals surface area contributed by atoms with E-state index in [0.29, 0.717) is 4.77 Å². The van der Waals surface area contributed by atoms with Gasteiger partial charge in [-0.15, -0.1) is 0 Å². The molecule has 0 amide bonds. The van der Waals surface area contributed by atoms with Crippen molar-refractivity contribution in [1.29, 1.82) is 0 Å². The number of rotatable bonds is 2. The Morgan fingerprint density at radius 1 is 1.26 bits per heavy atom. The Morgan fingerprint density at radius 2 is 2.05 bits per heavy atom. The number of aromatic amines is 1. The molecule has 2 aromatic rings. The molecule has 0 fully saturated rings. The number of anilines is 2. The molecule has 5 nitrogen and oxygen atoms in total. The average molecular weight is 274 g/mol. The first-order valence-electron chi connectivity index (χ1n) is 6.11. The highest BCUT2D eigenvalue weighted by molar-refractivity contribution is 7.71. The third kappa shape index (κ3) is 2.59. The highest BCUT2D eigenvalue weighted by atomic mass is 32.1. The molecular weight excluding hydrogens is 260 g/mol. The average Bonchev–Trinajstić information content (AvgIpc) is 2.41. The minimum atomic E-state index is 0.243. The SMILES string of the molecule is Oc1ccc(Nc2nc(=S)[nH]c3c2CNCC3)cc1. The monoisotopic (exact) mass is 274 g/mol. The van der Waals surface area contributed by atoms with Gasteiger partial charge in [0, 0.05) is 36.5 Å². The first-order valence-corrected chi connectivity index (χ1v) is 6.52. The Balaban J connectivity index is 1.98. The third-order valence-electron chi connectivity index (χ3n) is 3.10. The molecule has 2 heterocycles. The number of hydrogen-bond acceptors (Lipinski definition) is 5. The summed E-state index contributed by atoms with van der Waals surface area (Å²) in [6.45, 7) is 1.72. The summed E-state index contributed by atoms with van der Waals surface area (Å²) >= 11 is 5.15. The quantitative estimate of drug-likeness (QED) is 0.499. The van der Waals surface area contributed by atoms with Crippen molar-refractivity contribution in [3.8, 4) is 5.75 Å². The van der Waals surface area contributed by atoms with Crippen molar-refractivity contribution in [3.63, 3.8) is 0 Å². The number of hydrogen-bond donors (Lipinski definition) is 4. The number of benzene rings is 1. The van der Waals surface area contributed by atoms with Gasteiger partial charge in [0.05, 0.1) is 0 Å². The second-order valence-corrected chi connectivity index (χ2v) is 4.83. The molecule has 1 aliphatic rings. The molecule has 1 aromatic heterocycles. The summed E-state index contributed by atoms with van der Waals surface area (Å²) in [7, 11) is 0. The molecule has 3 rings (SSSR count). The highest BCUT2D eigenvalue weighted by Gasteiger charge is 2.15. The number of fused-ring (bicyclic) bond motifs is 1. The van der Waals surface area contributed by atoms with Crippen molar-refractivity contribution in [1.82, 2.24) is 15.3 Å². The predicted molar refractivity (Wildman–Crippen MR) is 76.2 cm³/mol. The van der Waals surface area contributed by atoms with Crippen molar-refractivity contribution >= 4 is 23.7 Å². The van der Waals surface area contributed by atoms with Gasteiger partial charge >= 0.3 is 0 Å². The van der Waals surface area contributed by atoms with E-state index >= 15 is 0 Å². The Morgan fingerprint density at radius 3 is 2.84 bits per heavy atom. The molecule has 4 N–H and O–H groups in total. The number of nitrogens with one attached hydrogen (secondary N) is 3. The van der Waals surface area contributed by atoms with Gasteiger partial charge in [-0.1, -0.05) is 0 Å². The maximum absolute atomic E-state index is 9.28. The lowest BCUT2D eigenvalue weighted by Crippen LogP contribution is -2.26. The maximum atomic E-state index is 9.28. The van der Waals surface area contributed by atoms with Crippen LogP contribution in [0.25, 0.3) is 0 Å². The number of H-pyrrole nitrogens is 1. The third-order valence-corrected chi connectivity index (χ3v) is 3.30. The van der Waals surface area contributed by atoms with Crippen molar-refractivity contribution in [3.05, 3.63) is 40.3 Å². The van der Waals surface area contributed by atoms with Crippen LogP contribution >= 0.6 is 12.2 Å². The van der Waals surface area contributed by atoms with E-state index in [1.807, 2.05) is 0 Å². The van der Waals surface area contributed by atoms with E-state index in [1.165, 1.54) is 0 Å². The second-order valence-electron chi connectivity index (χ2n) is 4.45. The van der Waals surface area contributed by atoms with Gasteiger partial charge in [-0.2, -0.15) is 0 Å². The van der Waals surface area contributed by atoms with Crippen LogP contribution in [0.3, 0.4) is 0 Å². The molecule has 0 unspecified atom stereocenters. The molecule has 0 spiro atoms. The van der Waals surface area contributed by atoms with Gasteiger partial charge in [-0.05, 0) is 36.5 Å². The fourth-order valence-electron chi connectivity index (χ4n) is 2.16.